The van der Waals surface area contributed by atoms with Gasteiger partial charge in [-0.25, -0.2) is 9.78 Å². The Labute approximate surface area is 150 Å². The molecule has 3 aromatic rings. The molecule has 124 valence electrons. The Morgan fingerprint density at radius 1 is 1.25 bits per heavy atom. The van der Waals surface area contributed by atoms with Crippen molar-refractivity contribution in [3.63, 3.8) is 0 Å². The van der Waals surface area contributed by atoms with Crippen LogP contribution in [-0.2, 0) is 0 Å². The number of amides is 2. The van der Waals surface area contributed by atoms with Crippen LogP contribution in [0.3, 0.4) is 0 Å². The highest BCUT2D eigenvalue weighted by molar-refractivity contribution is 7.22. The predicted octanol–water partition coefficient (Wildman–Crippen LogP) is 5.64. The van der Waals surface area contributed by atoms with Crippen molar-refractivity contribution in [2.24, 2.45) is 5.92 Å². The van der Waals surface area contributed by atoms with Crippen LogP contribution in [0, 0.1) is 5.92 Å². The molecule has 3 rings (SSSR count). The molecule has 0 radical (unpaired) electrons. The number of rotatable bonds is 4. The van der Waals surface area contributed by atoms with E-state index in [4.69, 9.17) is 11.6 Å². The van der Waals surface area contributed by atoms with Gasteiger partial charge in [0.15, 0.2) is 5.13 Å². The fraction of sp³-hybridized carbons (Fsp3) is 0.222. The number of urea groups is 1. The molecule has 2 amide bonds. The summed E-state index contributed by atoms with van der Waals surface area (Å²) < 4.78 is 1.07. The largest absolute Gasteiger partial charge is 0.328 e. The second kappa shape index (κ2) is 7.20. The molecule has 0 bridgehead atoms. The number of benzene rings is 2. The van der Waals surface area contributed by atoms with Crippen molar-refractivity contribution in [2.75, 3.05) is 16.8 Å². The molecule has 0 aliphatic heterocycles. The number of aromatic nitrogens is 1. The van der Waals surface area contributed by atoms with E-state index < -0.39 is 0 Å². The second-order valence-electron chi connectivity index (χ2n) is 5.91. The van der Waals surface area contributed by atoms with Gasteiger partial charge in [-0.3, -0.25) is 4.90 Å². The molecule has 24 heavy (non-hydrogen) atoms. The van der Waals surface area contributed by atoms with Gasteiger partial charge in [-0.15, -0.1) is 0 Å². The number of thiazole rings is 1. The quantitative estimate of drug-likeness (QED) is 0.654. The van der Waals surface area contributed by atoms with E-state index in [-0.39, 0.29) is 6.03 Å². The minimum atomic E-state index is -0.204. The summed E-state index contributed by atoms with van der Waals surface area (Å²) in [4.78, 5) is 19.1. The standard InChI is InChI=1S/C18H18ClN3OS/c1-12(2)11-22(17(23)20-14-7-5-6-13(19)10-14)18-21-15-8-3-4-9-16(15)24-18/h3-10,12H,11H2,1-2H3,(H,20,23). The molecule has 1 N–H and O–H groups in total. The highest BCUT2D eigenvalue weighted by Gasteiger charge is 2.21. The average molecular weight is 360 g/mol. The first-order valence-corrected chi connectivity index (χ1v) is 8.92. The van der Waals surface area contributed by atoms with Gasteiger partial charge in [-0.2, -0.15) is 0 Å². The summed E-state index contributed by atoms with van der Waals surface area (Å²) >= 11 is 7.50. The van der Waals surface area contributed by atoms with Gasteiger partial charge in [0.05, 0.1) is 10.2 Å². The molecule has 0 unspecified atom stereocenters. The first-order valence-electron chi connectivity index (χ1n) is 7.72. The van der Waals surface area contributed by atoms with Crippen LogP contribution in [0.5, 0.6) is 0 Å². The van der Waals surface area contributed by atoms with Crippen LogP contribution < -0.4 is 10.2 Å². The van der Waals surface area contributed by atoms with E-state index in [0.29, 0.717) is 28.3 Å². The van der Waals surface area contributed by atoms with Gasteiger partial charge in [0, 0.05) is 17.3 Å². The van der Waals surface area contributed by atoms with E-state index in [1.165, 1.54) is 11.3 Å². The average Bonchev–Trinajstić information content (AvgIpc) is 2.96. The van der Waals surface area contributed by atoms with Crippen molar-refractivity contribution in [1.29, 1.82) is 0 Å². The summed E-state index contributed by atoms with van der Waals surface area (Å²) in [6, 6.07) is 14.8. The second-order valence-corrected chi connectivity index (χ2v) is 7.35. The Balaban J connectivity index is 1.89. The van der Waals surface area contributed by atoms with Gasteiger partial charge in [0.25, 0.3) is 0 Å². The van der Waals surface area contributed by atoms with Gasteiger partial charge in [0.1, 0.15) is 0 Å². The number of hydrogen-bond acceptors (Lipinski definition) is 3. The predicted molar refractivity (Wildman–Crippen MR) is 102 cm³/mol. The Morgan fingerprint density at radius 3 is 2.75 bits per heavy atom. The van der Waals surface area contributed by atoms with Crippen LogP contribution in [0.1, 0.15) is 13.8 Å². The van der Waals surface area contributed by atoms with E-state index in [2.05, 4.69) is 24.1 Å². The summed E-state index contributed by atoms with van der Waals surface area (Å²) in [5.41, 5.74) is 1.57. The number of fused-ring (bicyclic) bond motifs is 1. The van der Waals surface area contributed by atoms with Crippen LogP contribution in [0.15, 0.2) is 48.5 Å². The highest BCUT2D eigenvalue weighted by atomic mass is 35.5. The molecule has 2 aromatic carbocycles. The maximum absolute atomic E-state index is 12.8. The van der Waals surface area contributed by atoms with Crippen LogP contribution in [0.2, 0.25) is 5.02 Å². The third-order valence-electron chi connectivity index (χ3n) is 3.38. The minimum Gasteiger partial charge on any atom is -0.307 e. The van der Waals surface area contributed by atoms with E-state index in [0.717, 1.165) is 10.2 Å². The Bertz CT molecular complexity index is 829. The number of halogens is 1. The smallest absolute Gasteiger partial charge is 0.307 e. The number of hydrogen-bond donors (Lipinski definition) is 1. The van der Waals surface area contributed by atoms with Gasteiger partial charge < -0.3 is 5.32 Å². The molecule has 0 aliphatic carbocycles. The first kappa shape index (κ1) is 16.7. The maximum atomic E-state index is 12.8. The molecular formula is C18H18ClN3OS. The molecule has 0 aliphatic rings. The Kier molecular flexibility index (Phi) is 5.02. The normalized spacial score (nSPS) is 11.0. The number of carbonyl (C=O) groups excluding carboxylic acids is 1. The number of nitrogens with zero attached hydrogens (tertiary/aromatic N) is 2. The lowest BCUT2D eigenvalue weighted by atomic mass is 10.2. The van der Waals surface area contributed by atoms with Crippen molar-refractivity contribution in [3.8, 4) is 0 Å². The zero-order chi connectivity index (χ0) is 17.1. The fourth-order valence-electron chi connectivity index (χ4n) is 2.35. The number of carbonyl (C=O) groups is 1. The Morgan fingerprint density at radius 2 is 2.04 bits per heavy atom. The molecule has 0 saturated heterocycles. The lowest BCUT2D eigenvalue weighted by molar-refractivity contribution is 0.256. The zero-order valence-corrected chi connectivity index (χ0v) is 15.1. The Hall–Kier alpha value is -2.11. The zero-order valence-electron chi connectivity index (χ0n) is 13.5. The third-order valence-corrected chi connectivity index (χ3v) is 4.68. The SMILES string of the molecule is CC(C)CN(C(=O)Nc1cccc(Cl)c1)c1nc2ccccc2s1. The number of nitrogens with one attached hydrogen (secondary N) is 1. The third kappa shape index (κ3) is 3.86. The van der Waals surface area contributed by atoms with Gasteiger partial charge in [-0.05, 0) is 36.2 Å². The molecular weight excluding hydrogens is 342 g/mol. The van der Waals surface area contributed by atoms with E-state index in [1.54, 1.807) is 17.0 Å². The van der Waals surface area contributed by atoms with Crippen molar-refractivity contribution in [3.05, 3.63) is 53.6 Å². The van der Waals surface area contributed by atoms with Crippen molar-refractivity contribution < 1.29 is 4.79 Å². The molecule has 0 saturated carbocycles. The molecule has 0 fully saturated rings. The van der Waals surface area contributed by atoms with E-state index in [1.807, 2.05) is 36.4 Å². The molecule has 0 atom stereocenters. The minimum absolute atomic E-state index is 0.204. The van der Waals surface area contributed by atoms with Gasteiger partial charge in [0.2, 0.25) is 0 Å². The van der Waals surface area contributed by atoms with Crippen LogP contribution in [0.25, 0.3) is 10.2 Å². The fourth-order valence-corrected chi connectivity index (χ4v) is 3.51. The summed E-state index contributed by atoms with van der Waals surface area (Å²) in [7, 11) is 0. The highest BCUT2D eigenvalue weighted by Crippen LogP contribution is 2.29. The molecule has 1 aromatic heterocycles. The van der Waals surface area contributed by atoms with Crippen LogP contribution >= 0.6 is 22.9 Å². The van der Waals surface area contributed by atoms with Gasteiger partial charge in [-0.1, -0.05) is 55.0 Å². The molecule has 1 heterocycles. The van der Waals surface area contributed by atoms with E-state index >= 15 is 0 Å². The van der Waals surface area contributed by atoms with Crippen LogP contribution in [0.4, 0.5) is 15.6 Å². The molecule has 4 nitrogen and oxygen atoms in total. The number of para-hydroxylation sites is 1. The van der Waals surface area contributed by atoms with Crippen LogP contribution in [-0.4, -0.2) is 17.6 Å². The topological polar surface area (TPSA) is 45.2 Å². The van der Waals surface area contributed by atoms with E-state index in [9.17, 15) is 4.79 Å². The molecule has 6 heteroatoms. The first-order chi connectivity index (χ1) is 11.5. The lowest BCUT2D eigenvalue weighted by Crippen LogP contribution is -2.37. The molecule has 0 spiro atoms. The van der Waals surface area contributed by atoms with Gasteiger partial charge >= 0.3 is 6.03 Å². The summed E-state index contributed by atoms with van der Waals surface area (Å²) in [6.45, 7) is 4.74. The summed E-state index contributed by atoms with van der Waals surface area (Å²) in [5.74, 6) is 0.321. The monoisotopic (exact) mass is 359 g/mol. The van der Waals surface area contributed by atoms with Crippen molar-refractivity contribution in [2.45, 2.75) is 13.8 Å². The lowest BCUT2D eigenvalue weighted by Gasteiger charge is -2.22. The van der Waals surface area contributed by atoms with Crippen molar-refractivity contribution in [1.82, 2.24) is 4.98 Å². The number of anilines is 2. The summed E-state index contributed by atoms with van der Waals surface area (Å²) in [5, 5.41) is 4.19. The summed E-state index contributed by atoms with van der Waals surface area (Å²) in [6.07, 6.45) is 0. The maximum Gasteiger partial charge on any atom is 0.328 e. The van der Waals surface area contributed by atoms with Crippen molar-refractivity contribution >= 4 is 50.0 Å².